The average Bonchev–Trinajstić information content (AvgIpc) is 3.49. The second-order valence-electron chi connectivity index (χ2n) is 10.4. The van der Waals surface area contributed by atoms with E-state index in [-0.39, 0.29) is 27.0 Å². The molecule has 2 aliphatic heterocycles. The van der Waals surface area contributed by atoms with Crippen molar-refractivity contribution in [2.75, 3.05) is 16.8 Å². The average molecular weight is 714 g/mol. The molecule has 47 heavy (non-hydrogen) atoms. The number of fused-ring (bicyclic) bond motifs is 2. The molecule has 3 heterocycles. The molecule has 1 fully saturated rings. The van der Waals surface area contributed by atoms with Gasteiger partial charge >= 0.3 is 17.2 Å². The maximum absolute atomic E-state index is 14.0. The lowest BCUT2D eigenvalue weighted by Gasteiger charge is -2.31. The Bertz CT molecular complexity index is 1980. The van der Waals surface area contributed by atoms with Crippen LogP contribution in [0.15, 0.2) is 76.6 Å². The van der Waals surface area contributed by atoms with Gasteiger partial charge in [0.1, 0.15) is 11.0 Å². The largest absolute Gasteiger partial charge is 0.483 e. The van der Waals surface area contributed by atoms with Gasteiger partial charge in [-0.2, -0.15) is 26.3 Å². The second-order valence-corrected chi connectivity index (χ2v) is 13.0. The monoisotopic (exact) mass is 713 g/mol. The number of aromatic amines is 1. The van der Waals surface area contributed by atoms with Crippen molar-refractivity contribution in [1.29, 1.82) is 0 Å². The maximum Gasteiger partial charge on any atom is 0.418 e. The van der Waals surface area contributed by atoms with Gasteiger partial charge in [0, 0.05) is 21.4 Å². The summed E-state index contributed by atoms with van der Waals surface area (Å²) >= 11 is 7.95. The summed E-state index contributed by atoms with van der Waals surface area (Å²) in [4.78, 5) is 56.0. The molecule has 4 aromatic rings. The van der Waals surface area contributed by atoms with Gasteiger partial charge in [-0.1, -0.05) is 52.9 Å². The number of carbonyl (C=O) groups excluding carboxylic acids is 3. The molecule has 2 aliphatic rings. The van der Waals surface area contributed by atoms with Gasteiger partial charge in [-0.3, -0.25) is 19.2 Å². The summed E-state index contributed by atoms with van der Waals surface area (Å²) in [6, 6.07) is 12.2. The minimum absolute atomic E-state index is 0.0335. The molecule has 3 unspecified atom stereocenters. The van der Waals surface area contributed by atoms with Crippen molar-refractivity contribution >= 4 is 63.8 Å². The number of nitrogens with zero attached hydrogens (tertiary/aromatic N) is 1. The molecule has 3 amide bonds. The number of thioether (sulfide) groups is 1. The minimum Gasteiger partial charge on any atom is -0.483 e. The van der Waals surface area contributed by atoms with E-state index in [1.807, 2.05) is 0 Å². The number of nitrogens with one attached hydrogen (secondary N) is 2. The van der Waals surface area contributed by atoms with Crippen molar-refractivity contribution in [3.05, 3.63) is 103 Å². The topological polar surface area (TPSA) is 109 Å². The van der Waals surface area contributed by atoms with Crippen molar-refractivity contribution < 1.29 is 45.5 Å². The maximum atomic E-state index is 14.0. The van der Waals surface area contributed by atoms with Crippen LogP contribution >= 0.6 is 34.7 Å². The van der Waals surface area contributed by atoms with Crippen LogP contribution in [0.5, 0.6) is 5.75 Å². The summed E-state index contributed by atoms with van der Waals surface area (Å²) in [6.07, 6.45) is -9.49. The zero-order valence-electron chi connectivity index (χ0n) is 23.2. The number of para-hydroxylation sites is 1. The third-order valence-electron chi connectivity index (χ3n) is 7.43. The van der Waals surface area contributed by atoms with E-state index in [1.54, 1.807) is 0 Å². The number of hydrogen-bond donors (Lipinski definition) is 2. The molecule has 3 atom stereocenters. The highest BCUT2D eigenvalue weighted by Crippen LogP contribution is 2.55. The summed E-state index contributed by atoms with van der Waals surface area (Å²) in [5, 5.41) is 1.39. The van der Waals surface area contributed by atoms with Crippen LogP contribution in [-0.2, 0) is 26.7 Å². The smallest absolute Gasteiger partial charge is 0.418 e. The van der Waals surface area contributed by atoms with E-state index in [2.05, 4.69) is 10.3 Å². The number of halogens is 7. The van der Waals surface area contributed by atoms with Gasteiger partial charge in [-0.25, -0.2) is 4.90 Å². The van der Waals surface area contributed by atoms with Gasteiger partial charge in [-0.05, 0) is 48.5 Å². The lowest BCUT2D eigenvalue weighted by molar-refractivity contribution is -0.138. The highest BCUT2D eigenvalue weighted by atomic mass is 35.5. The third-order valence-corrected chi connectivity index (χ3v) is 10.1. The first-order chi connectivity index (χ1) is 22.1. The van der Waals surface area contributed by atoms with Crippen molar-refractivity contribution in [3.63, 3.8) is 0 Å². The SMILES string of the molecule is O=C(COc1ccc(Cl)cc1C1c2sc(=O)[nH]c2SC2C(=O)N(c3cccc(C(F)(F)F)c3)C(=O)C21)Nc1ccccc1C(F)(F)F. The number of amides is 3. The van der Waals surface area contributed by atoms with Crippen LogP contribution in [0.25, 0.3) is 0 Å². The summed E-state index contributed by atoms with van der Waals surface area (Å²) in [7, 11) is 0. The number of H-pyrrole nitrogens is 1. The molecule has 1 saturated heterocycles. The van der Waals surface area contributed by atoms with Gasteiger partial charge < -0.3 is 15.0 Å². The van der Waals surface area contributed by atoms with Gasteiger partial charge in [-0.15, -0.1) is 0 Å². The van der Waals surface area contributed by atoms with Crippen LogP contribution in [0.2, 0.25) is 5.02 Å². The third kappa shape index (κ3) is 6.24. The Balaban J connectivity index is 1.35. The zero-order valence-corrected chi connectivity index (χ0v) is 25.6. The fraction of sp³-hybridized carbons (Fsp3) is 0.200. The number of thiazole rings is 1. The van der Waals surface area contributed by atoms with Crippen molar-refractivity contribution in [2.45, 2.75) is 28.5 Å². The predicted molar refractivity (Wildman–Crippen MR) is 161 cm³/mol. The van der Waals surface area contributed by atoms with E-state index >= 15 is 0 Å². The van der Waals surface area contributed by atoms with Gasteiger partial charge in [0.05, 0.1) is 33.4 Å². The standard InChI is InChI=1S/C30H18ClF6N3O5S2/c31-14-8-9-19(45-12-20(41)38-18-7-2-1-6-17(18)30(35,36)37)16(11-14)21-22-24(46-25-23(21)47-28(44)39-25)27(43)40(26(22)42)15-5-3-4-13(10-15)29(32,33)34/h1-11,21-22,24H,12H2,(H,38,41)(H,39,44). The number of carbonyl (C=O) groups is 3. The second kappa shape index (κ2) is 12.1. The van der Waals surface area contributed by atoms with Crippen molar-refractivity contribution in [2.24, 2.45) is 5.92 Å². The quantitative estimate of drug-likeness (QED) is 0.166. The highest BCUT2D eigenvalue weighted by molar-refractivity contribution is 8.00. The van der Waals surface area contributed by atoms with Crippen LogP contribution in [0.4, 0.5) is 37.7 Å². The normalized spacial score (nSPS) is 19.4. The predicted octanol–water partition coefficient (Wildman–Crippen LogP) is 6.94. The van der Waals surface area contributed by atoms with Crippen LogP contribution in [0.1, 0.15) is 27.5 Å². The number of rotatable bonds is 6. The molecule has 17 heteroatoms. The van der Waals surface area contributed by atoms with E-state index in [0.29, 0.717) is 15.8 Å². The Hall–Kier alpha value is -4.28. The minimum atomic E-state index is -4.75. The highest BCUT2D eigenvalue weighted by Gasteiger charge is 2.57. The molecule has 0 aliphatic carbocycles. The van der Waals surface area contributed by atoms with Crippen molar-refractivity contribution in [1.82, 2.24) is 4.98 Å². The van der Waals surface area contributed by atoms with Gasteiger partial charge in [0.2, 0.25) is 11.8 Å². The number of imide groups is 1. The molecule has 6 rings (SSSR count). The number of hydrogen-bond acceptors (Lipinski definition) is 7. The van der Waals surface area contributed by atoms with Crippen LogP contribution in [0, 0.1) is 5.92 Å². The van der Waals surface area contributed by atoms with Crippen LogP contribution in [-0.4, -0.2) is 34.6 Å². The first-order valence-corrected chi connectivity index (χ1v) is 15.5. The van der Waals surface area contributed by atoms with E-state index in [1.165, 1.54) is 30.3 Å². The lowest BCUT2D eigenvalue weighted by atomic mass is 9.82. The Kier molecular flexibility index (Phi) is 8.38. The first-order valence-electron chi connectivity index (χ1n) is 13.5. The van der Waals surface area contributed by atoms with Crippen molar-refractivity contribution in [3.8, 4) is 5.75 Å². The molecule has 0 saturated carbocycles. The molecule has 0 bridgehead atoms. The molecule has 1 aromatic heterocycles. The van der Waals surface area contributed by atoms with E-state index in [0.717, 1.165) is 53.4 Å². The number of alkyl halides is 6. The number of anilines is 2. The summed E-state index contributed by atoms with van der Waals surface area (Å²) in [5.41, 5.74) is -2.77. The van der Waals surface area contributed by atoms with Crippen LogP contribution < -0.4 is 19.8 Å². The fourth-order valence-electron chi connectivity index (χ4n) is 5.49. The summed E-state index contributed by atoms with van der Waals surface area (Å²) in [6.45, 7) is -0.782. The Morgan fingerprint density at radius 3 is 2.40 bits per heavy atom. The number of benzene rings is 3. The molecular formula is C30H18ClF6N3O5S2. The lowest BCUT2D eigenvalue weighted by Crippen LogP contribution is -2.32. The van der Waals surface area contributed by atoms with Crippen LogP contribution in [0.3, 0.4) is 0 Å². The zero-order chi connectivity index (χ0) is 33.8. The first kappa shape index (κ1) is 32.7. The summed E-state index contributed by atoms with van der Waals surface area (Å²) in [5.74, 6) is -4.96. The Labute approximate surface area is 273 Å². The summed E-state index contributed by atoms with van der Waals surface area (Å²) < 4.78 is 86.4. The molecule has 244 valence electrons. The fourth-order valence-corrected chi connectivity index (χ4v) is 8.18. The Morgan fingerprint density at radius 2 is 1.68 bits per heavy atom. The molecule has 0 radical (unpaired) electrons. The molecule has 2 N–H and O–H groups in total. The van der Waals surface area contributed by atoms with Gasteiger partial charge in [0.15, 0.2) is 6.61 Å². The number of ether oxygens (including phenoxy) is 1. The Morgan fingerprint density at radius 1 is 0.936 bits per heavy atom. The van der Waals surface area contributed by atoms with E-state index in [4.69, 9.17) is 16.3 Å². The van der Waals surface area contributed by atoms with Gasteiger partial charge in [0.25, 0.3) is 5.91 Å². The molecule has 8 nitrogen and oxygen atoms in total. The van der Waals surface area contributed by atoms with E-state index in [9.17, 15) is 45.5 Å². The van der Waals surface area contributed by atoms with E-state index < -0.39 is 75.5 Å². The molecule has 0 spiro atoms. The molecule has 3 aromatic carbocycles. The number of aromatic nitrogens is 1. The molecular weight excluding hydrogens is 696 g/mol.